The zero-order valence-corrected chi connectivity index (χ0v) is 14.5. The van der Waals surface area contributed by atoms with E-state index in [0.29, 0.717) is 31.9 Å². The molecule has 2 fully saturated rings. The van der Waals surface area contributed by atoms with Crippen molar-refractivity contribution >= 4 is 0 Å². The Labute approximate surface area is 153 Å². The molecular weight excluding hydrogens is 328 g/mol. The molecule has 5 nitrogen and oxygen atoms in total. The molecule has 0 radical (unpaired) electrons. The molecule has 2 aliphatic rings. The van der Waals surface area contributed by atoms with Crippen molar-refractivity contribution in [1.29, 1.82) is 5.26 Å². The third-order valence-corrected chi connectivity index (χ3v) is 4.94. The van der Waals surface area contributed by atoms with E-state index in [1.165, 1.54) is 0 Å². The average Bonchev–Trinajstić information content (AvgIpc) is 3.28. The lowest BCUT2D eigenvalue weighted by Crippen LogP contribution is -2.41. The number of nitrogens with zero attached hydrogens (tertiary/aromatic N) is 1. The molecule has 2 aromatic rings. The van der Waals surface area contributed by atoms with E-state index < -0.39 is 0 Å². The molecule has 2 saturated heterocycles. The third-order valence-electron chi connectivity index (χ3n) is 4.94. The molecule has 4 rings (SSSR count). The van der Waals surface area contributed by atoms with Crippen molar-refractivity contribution in [3.05, 3.63) is 71.3 Å². The summed E-state index contributed by atoms with van der Waals surface area (Å²) >= 11 is 0. The second-order valence-corrected chi connectivity index (χ2v) is 6.73. The molecule has 134 valence electrons. The van der Waals surface area contributed by atoms with Crippen LogP contribution in [-0.4, -0.2) is 37.6 Å². The van der Waals surface area contributed by atoms with Crippen molar-refractivity contribution < 1.29 is 14.2 Å². The summed E-state index contributed by atoms with van der Waals surface area (Å²) in [5, 5.41) is 12.5. The van der Waals surface area contributed by atoms with E-state index in [2.05, 4.69) is 23.5 Å². The number of hydrogen-bond donors (Lipinski definition) is 1. The highest BCUT2D eigenvalue weighted by atomic mass is 16.6. The summed E-state index contributed by atoms with van der Waals surface area (Å²) in [6, 6.07) is 20.1. The monoisotopic (exact) mass is 350 g/mol. The summed E-state index contributed by atoms with van der Waals surface area (Å²) in [4.78, 5) is 0. The van der Waals surface area contributed by atoms with Gasteiger partial charge in [-0.25, -0.2) is 0 Å². The summed E-state index contributed by atoms with van der Waals surface area (Å²) in [7, 11) is 0. The van der Waals surface area contributed by atoms with Gasteiger partial charge in [-0.2, -0.15) is 5.26 Å². The first kappa shape index (κ1) is 17.2. The third kappa shape index (κ3) is 3.79. The van der Waals surface area contributed by atoms with Gasteiger partial charge in [0, 0.05) is 6.54 Å². The Morgan fingerprint density at radius 3 is 2.65 bits per heavy atom. The fourth-order valence-corrected chi connectivity index (χ4v) is 3.56. The molecule has 26 heavy (non-hydrogen) atoms. The first-order valence-electron chi connectivity index (χ1n) is 8.94. The maximum absolute atomic E-state index is 9.00. The summed E-state index contributed by atoms with van der Waals surface area (Å²) in [5.41, 5.74) is 2.92. The van der Waals surface area contributed by atoms with Crippen LogP contribution in [0, 0.1) is 11.3 Å². The molecule has 0 saturated carbocycles. The lowest BCUT2D eigenvalue weighted by atomic mass is 10.1. The van der Waals surface area contributed by atoms with Gasteiger partial charge in [-0.15, -0.1) is 0 Å². The Morgan fingerprint density at radius 2 is 1.81 bits per heavy atom. The molecule has 0 amide bonds. The summed E-state index contributed by atoms with van der Waals surface area (Å²) in [6.45, 7) is 2.43. The molecule has 0 spiro atoms. The second-order valence-electron chi connectivity index (χ2n) is 6.73. The van der Waals surface area contributed by atoms with Gasteiger partial charge in [0.05, 0.1) is 37.5 Å². The van der Waals surface area contributed by atoms with Crippen LogP contribution in [0.2, 0.25) is 0 Å². The lowest BCUT2D eigenvalue weighted by Gasteiger charge is -2.18. The Bertz CT molecular complexity index is 774. The van der Waals surface area contributed by atoms with Gasteiger partial charge in [0.2, 0.25) is 0 Å². The largest absolute Gasteiger partial charge is 0.371 e. The van der Waals surface area contributed by atoms with E-state index in [1.54, 1.807) is 0 Å². The number of benzene rings is 2. The van der Waals surface area contributed by atoms with Crippen molar-refractivity contribution in [2.45, 2.75) is 37.5 Å². The SMILES string of the molecule is N#Cc1cccc(CN[C@H]2CO[C@H]3[C@@H]2OC[C@H]3OCc2ccccc2)c1. The minimum atomic E-state index is -0.0334. The van der Waals surface area contributed by atoms with Gasteiger partial charge in [-0.3, -0.25) is 0 Å². The van der Waals surface area contributed by atoms with Crippen molar-refractivity contribution in [3.8, 4) is 6.07 Å². The maximum Gasteiger partial charge on any atom is 0.114 e. The number of ether oxygens (including phenoxy) is 3. The molecule has 0 unspecified atom stereocenters. The fraction of sp³-hybridized carbons (Fsp3) is 0.381. The van der Waals surface area contributed by atoms with Gasteiger partial charge in [0.15, 0.2) is 0 Å². The number of nitriles is 1. The van der Waals surface area contributed by atoms with Crippen LogP contribution < -0.4 is 5.32 Å². The molecule has 5 heteroatoms. The Hall–Kier alpha value is -2.23. The lowest BCUT2D eigenvalue weighted by molar-refractivity contribution is -0.0393. The predicted molar refractivity (Wildman–Crippen MR) is 96.3 cm³/mol. The normalized spacial score (nSPS) is 27.2. The minimum absolute atomic E-state index is 0.00919. The topological polar surface area (TPSA) is 63.5 Å². The molecule has 0 aliphatic carbocycles. The highest BCUT2D eigenvalue weighted by Crippen LogP contribution is 2.29. The summed E-state index contributed by atoms with van der Waals surface area (Å²) in [5.74, 6) is 0. The summed E-state index contributed by atoms with van der Waals surface area (Å²) < 4.78 is 17.9. The van der Waals surface area contributed by atoms with Gasteiger partial charge >= 0.3 is 0 Å². The van der Waals surface area contributed by atoms with Gasteiger partial charge in [0.25, 0.3) is 0 Å². The Morgan fingerprint density at radius 1 is 1.00 bits per heavy atom. The standard InChI is InChI=1S/C21H22N2O3/c22-10-16-7-4-8-17(9-16)11-23-18-13-25-21-19(14-26-20(18)21)24-12-15-5-2-1-3-6-15/h1-9,18-21,23H,11-14H2/t18-,19+,20+,21+/m0/s1. The van der Waals surface area contributed by atoms with Gasteiger partial charge in [-0.1, -0.05) is 42.5 Å². The van der Waals surface area contributed by atoms with E-state index in [1.807, 2.05) is 42.5 Å². The molecule has 0 bridgehead atoms. The first-order valence-corrected chi connectivity index (χ1v) is 8.94. The molecule has 4 atom stereocenters. The first-order chi connectivity index (χ1) is 12.8. The smallest absolute Gasteiger partial charge is 0.114 e. The molecule has 2 aliphatic heterocycles. The zero-order chi connectivity index (χ0) is 17.8. The molecular formula is C21H22N2O3. The Kier molecular flexibility index (Phi) is 5.28. The van der Waals surface area contributed by atoms with E-state index >= 15 is 0 Å². The Balaban J connectivity index is 1.30. The van der Waals surface area contributed by atoms with E-state index in [9.17, 15) is 0 Å². The number of rotatable bonds is 6. The van der Waals surface area contributed by atoms with Crippen molar-refractivity contribution in [1.82, 2.24) is 5.32 Å². The van der Waals surface area contributed by atoms with Crippen LogP contribution in [-0.2, 0) is 27.4 Å². The van der Waals surface area contributed by atoms with E-state index in [4.69, 9.17) is 19.5 Å². The number of nitrogens with one attached hydrogen (secondary N) is 1. The van der Waals surface area contributed by atoms with Gasteiger partial charge in [0.1, 0.15) is 18.3 Å². The van der Waals surface area contributed by atoms with Crippen molar-refractivity contribution in [3.63, 3.8) is 0 Å². The highest BCUT2D eigenvalue weighted by molar-refractivity contribution is 5.32. The predicted octanol–water partition coefficient (Wildman–Crippen LogP) is 2.40. The highest BCUT2D eigenvalue weighted by Gasteiger charge is 2.48. The molecule has 1 N–H and O–H groups in total. The van der Waals surface area contributed by atoms with Crippen LogP contribution in [0.5, 0.6) is 0 Å². The number of hydrogen-bond acceptors (Lipinski definition) is 5. The van der Waals surface area contributed by atoms with Crippen molar-refractivity contribution in [2.24, 2.45) is 0 Å². The number of fused-ring (bicyclic) bond motifs is 1. The van der Waals surface area contributed by atoms with Crippen LogP contribution in [0.4, 0.5) is 0 Å². The van der Waals surface area contributed by atoms with Crippen LogP contribution in [0.3, 0.4) is 0 Å². The fourth-order valence-electron chi connectivity index (χ4n) is 3.56. The van der Waals surface area contributed by atoms with Crippen LogP contribution in [0.1, 0.15) is 16.7 Å². The molecule has 0 aromatic heterocycles. The second kappa shape index (κ2) is 7.98. The van der Waals surface area contributed by atoms with Gasteiger partial charge < -0.3 is 19.5 Å². The summed E-state index contributed by atoms with van der Waals surface area (Å²) in [6.07, 6.45) is -0.0505. The minimum Gasteiger partial charge on any atom is -0.371 e. The van der Waals surface area contributed by atoms with E-state index in [0.717, 1.165) is 11.1 Å². The maximum atomic E-state index is 9.00. The quantitative estimate of drug-likeness (QED) is 0.867. The van der Waals surface area contributed by atoms with Crippen LogP contribution >= 0.6 is 0 Å². The van der Waals surface area contributed by atoms with Crippen LogP contribution in [0.15, 0.2) is 54.6 Å². The average molecular weight is 350 g/mol. The molecule has 2 heterocycles. The van der Waals surface area contributed by atoms with Gasteiger partial charge in [-0.05, 0) is 23.3 Å². The molecule has 2 aromatic carbocycles. The van der Waals surface area contributed by atoms with E-state index in [-0.39, 0.29) is 24.4 Å². The van der Waals surface area contributed by atoms with Crippen molar-refractivity contribution in [2.75, 3.05) is 13.2 Å². The van der Waals surface area contributed by atoms with Crippen LogP contribution in [0.25, 0.3) is 0 Å². The zero-order valence-electron chi connectivity index (χ0n) is 14.5.